The molecule has 0 bridgehead atoms. The van der Waals surface area contributed by atoms with Crippen molar-refractivity contribution in [3.63, 3.8) is 0 Å². The lowest BCUT2D eigenvalue weighted by Crippen LogP contribution is -2.71. The highest BCUT2D eigenvalue weighted by Gasteiger charge is 2.63. The van der Waals surface area contributed by atoms with Gasteiger partial charge in [0, 0.05) is 21.7 Å². The van der Waals surface area contributed by atoms with Crippen LogP contribution >= 0.6 is 0 Å². The van der Waals surface area contributed by atoms with Gasteiger partial charge in [0.15, 0.2) is 0 Å². The van der Waals surface area contributed by atoms with Crippen LogP contribution in [0.4, 0.5) is 0 Å². The second-order valence-electron chi connectivity index (χ2n) is 26.5. The fourth-order valence-corrected chi connectivity index (χ4v) is 13.8. The van der Waals surface area contributed by atoms with Gasteiger partial charge in [0.05, 0.1) is 99.4 Å². The number of rotatable bonds is 34. The minimum Gasteiger partial charge on any atom is -0.462 e. The van der Waals surface area contributed by atoms with Crippen molar-refractivity contribution in [3.05, 3.63) is 380 Å². The first kappa shape index (κ1) is 79.4. The molecule has 22 heteroatoms. The Morgan fingerprint density at radius 1 is 0.300 bits per heavy atom. The molecule has 12 rings (SSSR count). The van der Waals surface area contributed by atoms with Crippen molar-refractivity contribution >= 4 is 23.9 Å². The molecule has 0 amide bonds. The average molecular weight is 1480 g/mol. The van der Waals surface area contributed by atoms with Gasteiger partial charge in [0.2, 0.25) is 0 Å². The Bertz CT molecular complexity index is 4260. The van der Waals surface area contributed by atoms with Gasteiger partial charge < -0.3 is 57.6 Å². The van der Waals surface area contributed by atoms with Crippen LogP contribution in [0.2, 0.25) is 0 Å². The summed E-state index contributed by atoms with van der Waals surface area (Å²) in [6.07, 6.45) is -6.48. The molecule has 0 heterocycles. The van der Waals surface area contributed by atoms with Crippen molar-refractivity contribution in [2.45, 2.75) is 112 Å². The van der Waals surface area contributed by atoms with Crippen LogP contribution in [0.15, 0.2) is 314 Å². The Kier molecular flexibility index (Phi) is 29.7. The average Bonchev–Trinajstić information content (AvgIpc) is 0.743. The van der Waals surface area contributed by atoms with Gasteiger partial charge in [-0.25, -0.2) is 19.2 Å². The zero-order valence-electron chi connectivity index (χ0n) is 60.4. The van der Waals surface area contributed by atoms with Crippen LogP contribution in [0.3, 0.4) is 0 Å². The molecule has 0 aliphatic heterocycles. The number of azide groups is 2. The molecular weight excluding hydrogens is 1400 g/mol. The number of esters is 4. The molecule has 2 aliphatic rings. The summed E-state index contributed by atoms with van der Waals surface area (Å²) in [5.74, 6) is -4.51. The van der Waals surface area contributed by atoms with Crippen molar-refractivity contribution < 1.29 is 76.8 Å². The van der Waals surface area contributed by atoms with E-state index >= 15 is 0 Å². The third-order valence-corrected chi connectivity index (χ3v) is 19.3. The largest absolute Gasteiger partial charge is 0.462 e. The van der Waals surface area contributed by atoms with Gasteiger partial charge in [-0.3, -0.25) is 0 Å². The van der Waals surface area contributed by atoms with Crippen molar-refractivity contribution in [1.29, 1.82) is 0 Å². The van der Waals surface area contributed by atoms with Gasteiger partial charge in [-0.1, -0.05) is 265 Å². The third-order valence-electron chi connectivity index (χ3n) is 19.3. The Labute approximate surface area is 638 Å². The van der Waals surface area contributed by atoms with Crippen LogP contribution in [-0.2, 0) is 87.0 Å². The van der Waals surface area contributed by atoms with Crippen molar-refractivity contribution in [1.82, 2.24) is 0 Å². The summed E-state index contributed by atoms with van der Waals surface area (Å²) in [7, 11) is 0. The van der Waals surface area contributed by atoms with Gasteiger partial charge in [-0.05, 0) is 106 Å². The molecule has 2 N–H and O–H groups in total. The summed E-state index contributed by atoms with van der Waals surface area (Å²) in [5.41, 5.74) is 22.3. The highest BCUT2D eigenvalue weighted by Crippen LogP contribution is 2.46. The molecule has 10 aromatic carbocycles. The molecule has 0 spiro atoms. The maximum absolute atomic E-state index is 13.4. The van der Waals surface area contributed by atoms with Crippen LogP contribution in [0.5, 0.6) is 0 Å². The standard InChI is InChI=1S/2C44H43N3O8/c2*45-47-46-38-37(26-27-51-42(48)35-22-12-4-13-23-35)44(50,31-55-43(49)36-24-14-5-15-25-36)41(54-30-34-20-10-3-11-21-34)40(53-29-33-18-8-2-9-19-33)39(38)52-28-32-16-6-1-7-17-32/h2*1-25,37-41,50H,26-31H2/t2*37-,38-,39+,40-,41+,44-/m11/s1. The molecule has 0 radical (unpaired) electrons. The number of ether oxygens (including phenoxy) is 10. The van der Waals surface area contributed by atoms with E-state index in [0.29, 0.717) is 11.1 Å². The maximum atomic E-state index is 13.4. The topological polar surface area (TPSA) is 299 Å². The van der Waals surface area contributed by atoms with E-state index in [-0.39, 0.29) is 76.8 Å². The lowest BCUT2D eigenvalue weighted by Gasteiger charge is -2.53. The normalized spacial score (nSPS) is 21.9. The van der Waals surface area contributed by atoms with E-state index in [1.165, 1.54) is 0 Å². The fourth-order valence-electron chi connectivity index (χ4n) is 13.8. The summed E-state index contributed by atoms with van der Waals surface area (Å²) in [5, 5.41) is 34.8. The zero-order chi connectivity index (χ0) is 76.6. The lowest BCUT2D eigenvalue weighted by molar-refractivity contribution is -0.270. The number of benzene rings is 10. The molecule has 110 heavy (non-hydrogen) atoms. The predicted molar refractivity (Wildman–Crippen MR) is 409 cm³/mol. The lowest BCUT2D eigenvalue weighted by atomic mass is 9.66. The smallest absolute Gasteiger partial charge is 0.338 e. The van der Waals surface area contributed by atoms with Crippen molar-refractivity contribution in [2.24, 2.45) is 22.1 Å². The van der Waals surface area contributed by atoms with Gasteiger partial charge in [-0.2, -0.15) is 0 Å². The first-order valence-electron chi connectivity index (χ1n) is 36.3. The van der Waals surface area contributed by atoms with Crippen LogP contribution < -0.4 is 0 Å². The van der Waals surface area contributed by atoms with E-state index in [9.17, 15) is 40.5 Å². The maximum Gasteiger partial charge on any atom is 0.338 e. The van der Waals surface area contributed by atoms with Gasteiger partial charge in [-0.15, -0.1) is 0 Å². The molecule has 2 saturated carbocycles. The quantitative estimate of drug-likeness (QED) is 0.0124. The molecule has 564 valence electrons. The molecule has 0 aromatic heterocycles. The highest BCUT2D eigenvalue weighted by molar-refractivity contribution is 5.90. The van der Waals surface area contributed by atoms with E-state index in [2.05, 4.69) is 20.1 Å². The number of hydrogen-bond acceptors (Lipinski definition) is 18. The molecule has 10 aromatic rings. The molecule has 22 nitrogen and oxygen atoms in total. The first-order chi connectivity index (χ1) is 53.9. The summed E-state index contributed by atoms with van der Waals surface area (Å²) in [6.45, 7) is -0.912. The van der Waals surface area contributed by atoms with E-state index in [1.54, 1.807) is 121 Å². The van der Waals surface area contributed by atoms with Gasteiger partial charge in [0.1, 0.15) is 48.8 Å². The van der Waals surface area contributed by atoms with Crippen LogP contribution in [0.1, 0.15) is 87.7 Å². The Morgan fingerprint density at radius 3 is 0.745 bits per heavy atom. The summed E-state index contributed by atoms with van der Waals surface area (Å²) < 4.78 is 63.1. The SMILES string of the molecule is [N-]=[N+]=N[C@H]1[C@H](OCc2ccccc2)[C@@H](OCc2ccccc2)[C@H](OCc2ccccc2)[C@@](O)(COC(=O)c2ccccc2)[C@@H]1CCOC(=O)c1ccccc1.[N-]=[N+]=N[C@H]1[C@H](OCc2ccccc2)[C@@H](OCc2ccccc2)[C@H](OCc2ccccc2)[C@@](O)(COC(=O)c2ccccc2)[C@@H]1CCOC(=O)c1ccccc1. The van der Waals surface area contributed by atoms with Crippen LogP contribution in [0, 0.1) is 11.8 Å². The Morgan fingerprint density at radius 2 is 0.509 bits per heavy atom. The second kappa shape index (κ2) is 41.1. The van der Waals surface area contributed by atoms with Crippen LogP contribution in [0.25, 0.3) is 20.9 Å². The molecule has 0 saturated heterocycles. The number of carbonyl (C=O) groups excluding carboxylic acids is 4. The molecule has 2 aliphatic carbocycles. The third kappa shape index (κ3) is 21.8. The van der Waals surface area contributed by atoms with Gasteiger partial charge >= 0.3 is 23.9 Å². The van der Waals surface area contributed by atoms with E-state index in [0.717, 1.165) is 33.4 Å². The number of carbonyl (C=O) groups is 4. The fraction of sp³-hybridized carbons (Fsp3) is 0.273. The predicted octanol–water partition coefficient (Wildman–Crippen LogP) is 15.8. The summed E-state index contributed by atoms with van der Waals surface area (Å²) >= 11 is 0. The molecule has 2 fully saturated rings. The van der Waals surface area contributed by atoms with E-state index < -0.39 is 109 Å². The summed E-state index contributed by atoms with van der Waals surface area (Å²) in [6, 6.07) is 88.6. The Balaban J connectivity index is 0.000000218. The van der Waals surface area contributed by atoms with Crippen molar-refractivity contribution in [3.8, 4) is 0 Å². The molecule has 0 unspecified atom stereocenters. The first-order valence-corrected chi connectivity index (χ1v) is 36.3. The Hall–Kier alpha value is -11.6. The number of aliphatic hydroxyl groups is 2. The highest BCUT2D eigenvalue weighted by atomic mass is 16.6. The zero-order valence-corrected chi connectivity index (χ0v) is 60.4. The van der Waals surface area contributed by atoms with Gasteiger partial charge in [0.25, 0.3) is 0 Å². The second-order valence-corrected chi connectivity index (χ2v) is 26.5. The number of hydrogen-bond donors (Lipinski definition) is 2. The molecular formula is C88H86N6O16. The van der Waals surface area contributed by atoms with Crippen LogP contribution in [-0.4, -0.2) is 120 Å². The minimum atomic E-state index is -2.05. The van der Waals surface area contributed by atoms with E-state index in [1.807, 2.05) is 182 Å². The minimum absolute atomic E-state index is 0.0105. The molecule has 12 atom stereocenters. The van der Waals surface area contributed by atoms with E-state index in [4.69, 9.17) is 47.4 Å². The number of nitrogens with zero attached hydrogens (tertiary/aromatic N) is 6. The summed E-state index contributed by atoms with van der Waals surface area (Å²) in [4.78, 5) is 59.3. The van der Waals surface area contributed by atoms with Crippen molar-refractivity contribution in [2.75, 3.05) is 26.4 Å². The monoisotopic (exact) mass is 1480 g/mol.